The smallest absolute Gasteiger partial charge is 0.337 e. The molecule has 0 aliphatic heterocycles. The zero-order valence-corrected chi connectivity index (χ0v) is 13.8. The molecule has 25 heavy (non-hydrogen) atoms. The highest BCUT2D eigenvalue weighted by Crippen LogP contribution is 2.18. The molecule has 2 rings (SSSR count). The first-order valence-electron chi connectivity index (χ1n) is 7.33. The predicted molar refractivity (Wildman–Crippen MR) is 93.0 cm³/mol. The Balaban J connectivity index is 2.17. The molecule has 2 aromatic rings. The number of esters is 1. The average Bonchev–Trinajstić information content (AvgIpc) is 2.65. The Bertz CT molecular complexity index is 848. The molecule has 0 radical (unpaired) electrons. The number of methoxy groups -OCH3 is 2. The molecule has 0 aliphatic rings. The summed E-state index contributed by atoms with van der Waals surface area (Å²) in [7, 11) is 2.83. The van der Waals surface area contributed by atoms with Crippen molar-refractivity contribution in [1.82, 2.24) is 0 Å². The van der Waals surface area contributed by atoms with Crippen LogP contribution in [0.2, 0.25) is 0 Å². The molecule has 0 aromatic heterocycles. The molecule has 1 amide bonds. The fraction of sp³-hybridized carbons (Fsp3) is 0.105. The van der Waals surface area contributed by atoms with Crippen molar-refractivity contribution in [2.24, 2.45) is 0 Å². The molecule has 0 aliphatic carbocycles. The zero-order valence-electron chi connectivity index (χ0n) is 13.8. The molecule has 0 heterocycles. The van der Waals surface area contributed by atoms with Crippen molar-refractivity contribution in [1.29, 1.82) is 5.26 Å². The minimum Gasteiger partial charge on any atom is -0.497 e. The molecule has 0 spiro atoms. The molecule has 0 bridgehead atoms. The van der Waals surface area contributed by atoms with Gasteiger partial charge in [0.05, 0.1) is 19.8 Å². The van der Waals surface area contributed by atoms with E-state index in [0.29, 0.717) is 22.6 Å². The Labute approximate surface area is 145 Å². The third-order valence-electron chi connectivity index (χ3n) is 3.34. The van der Waals surface area contributed by atoms with Crippen LogP contribution in [0.4, 0.5) is 5.69 Å². The molecule has 0 atom stereocenters. The van der Waals surface area contributed by atoms with Crippen LogP contribution in [-0.4, -0.2) is 26.1 Å². The first-order chi connectivity index (χ1) is 12.1. The molecular formula is C19H16N2O4. The minimum absolute atomic E-state index is 0.0614. The van der Waals surface area contributed by atoms with E-state index in [1.54, 1.807) is 48.5 Å². The Morgan fingerprint density at radius 2 is 1.84 bits per heavy atom. The monoisotopic (exact) mass is 336 g/mol. The van der Waals surface area contributed by atoms with Crippen LogP contribution in [0.1, 0.15) is 15.9 Å². The van der Waals surface area contributed by atoms with E-state index >= 15 is 0 Å². The summed E-state index contributed by atoms with van der Waals surface area (Å²) in [5.41, 5.74) is 1.46. The molecule has 1 N–H and O–H groups in total. The standard InChI is InChI=1S/C19H16N2O4/c1-24-17-5-3-4-16(11-17)21-18(22)15(12-20)10-13-6-8-14(9-7-13)19(23)25-2/h3-11H,1-2H3,(H,21,22)/b15-10+. The number of nitrogens with one attached hydrogen (secondary N) is 1. The van der Waals surface area contributed by atoms with Gasteiger partial charge in [-0.15, -0.1) is 0 Å². The van der Waals surface area contributed by atoms with Gasteiger partial charge in [-0.1, -0.05) is 18.2 Å². The first kappa shape index (κ1) is 17.8. The van der Waals surface area contributed by atoms with E-state index in [1.807, 2.05) is 6.07 Å². The summed E-state index contributed by atoms with van der Waals surface area (Å²) in [5, 5.41) is 11.9. The normalized spacial score (nSPS) is 10.5. The summed E-state index contributed by atoms with van der Waals surface area (Å²) in [6.07, 6.45) is 1.44. The fourth-order valence-electron chi connectivity index (χ4n) is 2.05. The SMILES string of the molecule is COC(=O)c1ccc(/C=C(\C#N)C(=O)Nc2cccc(OC)c2)cc1. The molecule has 2 aromatic carbocycles. The van der Waals surface area contributed by atoms with Gasteiger partial charge in [0.25, 0.3) is 5.91 Å². The molecule has 6 nitrogen and oxygen atoms in total. The Hall–Kier alpha value is -3.59. The number of rotatable bonds is 5. The van der Waals surface area contributed by atoms with E-state index in [-0.39, 0.29) is 5.57 Å². The first-order valence-corrected chi connectivity index (χ1v) is 7.33. The van der Waals surface area contributed by atoms with Crippen molar-refractivity contribution in [3.63, 3.8) is 0 Å². The van der Waals surface area contributed by atoms with Crippen LogP contribution in [0.3, 0.4) is 0 Å². The van der Waals surface area contributed by atoms with E-state index in [1.165, 1.54) is 20.3 Å². The Morgan fingerprint density at radius 1 is 1.12 bits per heavy atom. The van der Waals surface area contributed by atoms with Gasteiger partial charge in [0, 0.05) is 11.8 Å². The molecule has 126 valence electrons. The number of hydrogen-bond acceptors (Lipinski definition) is 5. The van der Waals surface area contributed by atoms with Gasteiger partial charge in [0.15, 0.2) is 0 Å². The van der Waals surface area contributed by atoms with Gasteiger partial charge in [-0.25, -0.2) is 4.79 Å². The van der Waals surface area contributed by atoms with Crippen LogP contribution in [0.25, 0.3) is 6.08 Å². The van der Waals surface area contributed by atoms with Crippen LogP contribution < -0.4 is 10.1 Å². The van der Waals surface area contributed by atoms with Crippen molar-refractivity contribution in [3.8, 4) is 11.8 Å². The van der Waals surface area contributed by atoms with E-state index < -0.39 is 11.9 Å². The van der Waals surface area contributed by atoms with E-state index in [4.69, 9.17) is 4.74 Å². The van der Waals surface area contributed by atoms with Crippen LogP contribution in [-0.2, 0) is 9.53 Å². The van der Waals surface area contributed by atoms with Gasteiger partial charge >= 0.3 is 5.97 Å². The minimum atomic E-state index is -0.534. The van der Waals surface area contributed by atoms with Crippen LogP contribution in [0.15, 0.2) is 54.1 Å². The molecule has 0 saturated heterocycles. The summed E-state index contributed by atoms with van der Waals surface area (Å²) in [4.78, 5) is 23.7. The van der Waals surface area contributed by atoms with Crippen molar-refractivity contribution < 1.29 is 19.1 Å². The number of anilines is 1. The van der Waals surface area contributed by atoms with Crippen LogP contribution in [0, 0.1) is 11.3 Å². The second kappa shape index (κ2) is 8.31. The van der Waals surface area contributed by atoms with Crippen molar-refractivity contribution >= 4 is 23.6 Å². The van der Waals surface area contributed by atoms with Crippen LogP contribution >= 0.6 is 0 Å². The molecule has 0 fully saturated rings. The molecule has 6 heteroatoms. The summed E-state index contributed by atoms with van der Waals surface area (Å²) in [6.45, 7) is 0. The van der Waals surface area contributed by atoms with Crippen molar-refractivity contribution in [2.45, 2.75) is 0 Å². The lowest BCUT2D eigenvalue weighted by molar-refractivity contribution is -0.112. The van der Waals surface area contributed by atoms with Crippen molar-refractivity contribution in [3.05, 3.63) is 65.2 Å². The highest BCUT2D eigenvalue weighted by atomic mass is 16.5. The Kier molecular flexibility index (Phi) is 5.91. The predicted octanol–water partition coefficient (Wildman–Crippen LogP) is 3.03. The maximum Gasteiger partial charge on any atom is 0.337 e. The highest BCUT2D eigenvalue weighted by Gasteiger charge is 2.10. The summed E-state index contributed by atoms with van der Waals surface area (Å²) >= 11 is 0. The fourth-order valence-corrected chi connectivity index (χ4v) is 2.05. The number of benzene rings is 2. The second-order valence-electron chi connectivity index (χ2n) is 4.97. The van der Waals surface area contributed by atoms with E-state index in [9.17, 15) is 14.9 Å². The van der Waals surface area contributed by atoms with Gasteiger partial charge in [0.1, 0.15) is 17.4 Å². The summed E-state index contributed by atoms with van der Waals surface area (Å²) in [5.74, 6) is -0.390. The number of carbonyl (C=O) groups is 2. The zero-order chi connectivity index (χ0) is 18.2. The quantitative estimate of drug-likeness (QED) is 0.515. The maximum atomic E-state index is 12.3. The second-order valence-corrected chi connectivity index (χ2v) is 4.97. The van der Waals surface area contributed by atoms with Gasteiger partial charge in [0.2, 0.25) is 0 Å². The van der Waals surface area contributed by atoms with Gasteiger partial charge in [-0.3, -0.25) is 4.79 Å². The highest BCUT2D eigenvalue weighted by molar-refractivity contribution is 6.09. The number of amides is 1. The molecule has 0 saturated carbocycles. The van der Waals surface area contributed by atoms with Crippen molar-refractivity contribution in [2.75, 3.05) is 19.5 Å². The largest absolute Gasteiger partial charge is 0.497 e. The summed E-state index contributed by atoms with van der Waals surface area (Å²) in [6, 6.07) is 15.1. The number of nitriles is 1. The lowest BCUT2D eigenvalue weighted by Gasteiger charge is -2.06. The maximum absolute atomic E-state index is 12.3. The van der Waals surface area contributed by atoms with E-state index in [0.717, 1.165) is 0 Å². The summed E-state index contributed by atoms with van der Waals surface area (Å²) < 4.78 is 9.71. The third-order valence-corrected chi connectivity index (χ3v) is 3.34. The third kappa shape index (κ3) is 4.69. The molecular weight excluding hydrogens is 320 g/mol. The van der Waals surface area contributed by atoms with Gasteiger partial charge < -0.3 is 14.8 Å². The topological polar surface area (TPSA) is 88.4 Å². The Morgan fingerprint density at radius 3 is 2.44 bits per heavy atom. The van der Waals surface area contributed by atoms with Gasteiger partial charge in [-0.05, 0) is 35.9 Å². The average molecular weight is 336 g/mol. The molecule has 0 unspecified atom stereocenters. The van der Waals surface area contributed by atoms with E-state index in [2.05, 4.69) is 10.1 Å². The number of ether oxygens (including phenoxy) is 2. The number of hydrogen-bond donors (Lipinski definition) is 1. The lowest BCUT2D eigenvalue weighted by atomic mass is 10.1. The lowest BCUT2D eigenvalue weighted by Crippen LogP contribution is -2.13. The number of carbonyl (C=O) groups excluding carboxylic acids is 2. The van der Waals surface area contributed by atoms with Crippen LogP contribution in [0.5, 0.6) is 5.75 Å². The number of nitrogens with zero attached hydrogens (tertiary/aromatic N) is 1. The van der Waals surface area contributed by atoms with Gasteiger partial charge in [-0.2, -0.15) is 5.26 Å².